The van der Waals surface area contributed by atoms with Gasteiger partial charge >= 0.3 is 5.97 Å². The molecular weight excluding hydrogens is 460 g/mol. The van der Waals surface area contributed by atoms with Gasteiger partial charge in [-0.3, -0.25) is 14.4 Å². The van der Waals surface area contributed by atoms with Crippen LogP contribution in [-0.2, 0) is 14.4 Å². The smallest absolute Gasteiger partial charge is 0.328 e. The van der Waals surface area contributed by atoms with E-state index in [1.54, 1.807) is 62.4 Å². The molecule has 9 heteroatoms. The molecule has 0 spiro atoms. The molecule has 2 aromatic carbocycles. The van der Waals surface area contributed by atoms with Crippen molar-refractivity contribution in [2.75, 3.05) is 13.1 Å². The minimum absolute atomic E-state index is 0.144. The van der Waals surface area contributed by atoms with Gasteiger partial charge in [0.15, 0.2) is 11.4 Å². The number of unbranched alkanes of at least 4 members (excludes halogenated alkanes) is 1. The average Bonchev–Trinajstić information content (AvgIpc) is 2.80. The molecule has 2 amide bonds. The van der Waals surface area contributed by atoms with Crippen molar-refractivity contribution in [1.82, 2.24) is 10.6 Å². The summed E-state index contributed by atoms with van der Waals surface area (Å²) in [4.78, 5) is 46.8. The molecule has 0 aliphatic heterocycles. The van der Waals surface area contributed by atoms with Gasteiger partial charge in [0.05, 0.1) is 0 Å². The molecule has 0 bridgehead atoms. The Morgan fingerprint density at radius 2 is 1.41 bits per heavy atom. The van der Waals surface area contributed by atoms with Crippen LogP contribution in [0.4, 0.5) is 0 Å². The number of carbonyl (C=O) groups is 4. The van der Waals surface area contributed by atoms with Crippen LogP contribution in [0.1, 0.15) is 42.6 Å². The zero-order valence-electron chi connectivity index (χ0n) is 19.0. The zero-order valence-corrected chi connectivity index (χ0v) is 19.7. The van der Waals surface area contributed by atoms with E-state index in [9.17, 15) is 19.2 Å². The molecule has 0 radical (unpaired) electrons. The normalized spacial score (nSPS) is 11.1. The maximum absolute atomic E-state index is 12.6. The zero-order chi connectivity index (χ0) is 25.1. The van der Waals surface area contributed by atoms with Crippen molar-refractivity contribution in [2.45, 2.75) is 32.3 Å². The van der Waals surface area contributed by atoms with E-state index in [0.29, 0.717) is 47.8 Å². The largest absolute Gasteiger partial charge is 0.478 e. The van der Waals surface area contributed by atoms with E-state index in [1.807, 2.05) is 0 Å². The maximum atomic E-state index is 12.6. The van der Waals surface area contributed by atoms with Crippen LogP contribution < -0.4 is 15.4 Å². The second-order valence-corrected chi connectivity index (χ2v) is 8.33. The Morgan fingerprint density at radius 1 is 0.882 bits per heavy atom. The molecule has 0 saturated carbocycles. The molecule has 2 rings (SSSR count). The highest BCUT2D eigenvalue weighted by Crippen LogP contribution is 2.21. The molecule has 2 aromatic rings. The summed E-state index contributed by atoms with van der Waals surface area (Å²) in [5, 5.41) is 14.4. The van der Waals surface area contributed by atoms with E-state index in [1.165, 1.54) is 0 Å². The summed E-state index contributed by atoms with van der Waals surface area (Å²) in [7, 11) is 0. The molecule has 0 saturated heterocycles. The first-order valence-electron chi connectivity index (χ1n) is 10.6. The predicted octanol–water partition coefficient (Wildman–Crippen LogP) is 3.38. The predicted molar refractivity (Wildman–Crippen MR) is 128 cm³/mol. The van der Waals surface area contributed by atoms with E-state index in [0.717, 1.165) is 12.2 Å². The lowest BCUT2D eigenvalue weighted by atomic mass is 10.0. The summed E-state index contributed by atoms with van der Waals surface area (Å²) in [5.74, 6) is -1.67. The summed E-state index contributed by atoms with van der Waals surface area (Å²) in [6, 6.07) is 13.2. The van der Waals surface area contributed by atoms with Gasteiger partial charge in [-0.15, -0.1) is 0 Å². The number of hydrogen-bond acceptors (Lipinski definition) is 5. The van der Waals surface area contributed by atoms with Crippen molar-refractivity contribution < 1.29 is 29.0 Å². The highest BCUT2D eigenvalue weighted by atomic mass is 35.5. The van der Waals surface area contributed by atoms with Crippen molar-refractivity contribution in [3.63, 3.8) is 0 Å². The van der Waals surface area contributed by atoms with Crippen LogP contribution in [0, 0.1) is 0 Å². The Balaban J connectivity index is 1.77. The molecule has 3 N–H and O–H groups in total. The Morgan fingerprint density at radius 3 is 1.97 bits per heavy atom. The number of rotatable bonds is 12. The molecule has 34 heavy (non-hydrogen) atoms. The van der Waals surface area contributed by atoms with Crippen molar-refractivity contribution >= 4 is 35.2 Å². The molecular formula is C25H27ClN2O6. The lowest BCUT2D eigenvalue weighted by Crippen LogP contribution is -2.46. The summed E-state index contributed by atoms with van der Waals surface area (Å²) in [5.41, 5.74) is -0.131. The van der Waals surface area contributed by atoms with Crippen molar-refractivity contribution in [3.05, 3.63) is 76.8 Å². The van der Waals surface area contributed by atoms with Gasteiger partial charge in [0.1, 0.15) is 5.75 Å². The van der Waals surface area contributed by atoms with E-state index in [2.05, 4.69) is 10.6 Å². The first kappa shape index (κ1) is 26.6. The quantitative estimate of drug-likeness (QED) is 0.240. The number of hydrogen-bond donors (Lipinski definition) is 3. The summed E-state index contributed by atoms with van der Waals surface area (Å²) in [6.07, 6.45) is 2.94. The van der Waals surface area contributed by atoms with Crippen molar-refractivity contribution in [2.24, 2.45) is 0 Å². The minimum atomic E-state index is -1.19. The molecule has 0 aliphatic carbocycles. The van der Waals surface area contributed by atoms with E-state index in [4.69, 9.17) is 21.4 Å². The second-order valence-electron chi connectivity index (χ2n) is 7.90. The first-order valence-corrected chi connectivity index (χ1v) is 11.0. The van der Waals surface area contributed by atoms with Gasteiger partial charge in [0.2, 0.25) is 5.91 Å². The van der Waals surface area contributed by atoms with Crippen LogP contribution in [0.3, 0.4) is 0 Å². The van der Waals surface area contributed by atoms with Gasteiger partial charge in [-0.1, -0.05) is 11.6 Å². The number of aliphatic carboxylic acids is 1. The molecule has 0 fully saturated rings. The fourth-order valence-electron chi connectivity index (χ4n) is 2.87. The van der Waals surface area contributed by atoms with Crippen LogP contribution in [0.15, 0.2) is 60.7 Å². The van der Waals surface area contributed by atoms with Crippen LogP contribution in [-0.4, -0.2) is 47.4 Å². The third-order valence-electron chi connectivity index (χ3n) is 4.71. The van der Waals surface area contributed by atoms with Gasteiger partial charge in [0, 0.05) is 41.4 Å². The van der Waals surface area contributed by atoms with Crippen LogP contribution in [0.2, 0.25) is 5.02 Å². The Bertz CT molecular complexity index is 1050. The Hall–Kier alpha value is -3.65. The van der Waals surface area contributed by atoms with Crippen LogP contribution in [0.25, 0.3) is 0 Å². The number of ether oxygens (including phenoxy) is 1. The molecule has 0 unspecified atom stereocenters. The summed E-state index contributed by atoms with van der Waals surface area (Å²) < 4.78 is 5.82. The maximum Gasteiger partial charge on any atom is 0.328 e. The number of ketones is 1. The van der Waals surface area contributed by atoms with Crippen LogP contribution >= 0.6 is 11.6 Å². The van der Waals surface area contributed by atoms with E-state index in [-0.39, 0.29) is 11.7 Å². The van der Waals surface area contributed by atoms with Crippen molar-refractivity contribution in [1.29, 1.82) is 0 Å². The average molecular weight is 487 g/mol. The van der Waals surface area contributed by atoms with Gasteiger partial charge < -0.3 is 20.5 Å². The van der Waals surface area contributed by atoms with E-state index >= 15 is 0 Å². The SMILES string of the molecule is CC(C)(Oc1ccc(C(=O)c2ccc(Cl)cc2)cc1)C(=O)NCCCCNC(=O)/C=C\C(=O)O. The monoisotopic (exact) mass is 486 g/mol. The number of carboxylic acids is 1. The fraction of sp³-hybridized carbons (Fsp3) is 0.280. The van der Waals surface area contributed by atoms with E-state index < -0.39 is 17.5 Å². The first-order chi connectivity index (χ1) is 16.1. The molecule has 0 atom stereocenters. The molecule has 0 aliphatic rings. The summed E-state index contributed by atoms with van der Waals surface area (Å²) in [6.45, 7) is 4.04. The molecule has 0 heterocycles. The second kappa shape index (κ2) is 12.6. The lowest BCUT2D eigenvalue weighted by Gasteiger charge is -2.25. The summed E-state index contributed by atoms with van der Waals surface area (Å²) >= 11 is 5.86. The Kier molecular flexibility index (Phi) is 9.82. The Labute approximate surface area is 202 Å². The van der Waals surface area contributed by atoms with Gasteiger partial charge in [0.25, 0.3) is 5.91 Å². The third-order valence-corrected chi connectivity index (χ3v) is 4.96. The minimum Gasteiger partial charge on any atom is -0.478 e. The number of nitrogens with one attached hydrogen (secondary N) is 2. The van der Waals surface area contributed by atoms with Gasteiger partial charge in [-0.2, -0.15) is 0 Å². The highest BCUT2D eigenvalue weighted by molar-refractivity contribution is 6.30. The topological polar surface area (TPSA) is 122 Å². The number of carbonyl (C=O) groups excluding carboxylic acids is 3. The lowest BCUT2D eigenvalue weighted by molar-refractivity contribution is -0.134. The number of benzene rings is 2. The molecule has 0 aromatic heterocycles. The molecule has 8 nitrogen and oxygen atoms in total. The number of halogens is 1. The highest BCUT2D eigenvalue weighted by Gasteiger charge is 2.29. The van der Waals surface area contributed by atoms with Gasteiger partial charge in [-0.25, -0.2) is 4.79 Å². The molecule has 180 valence electrons. The standard InChI is InChI=1S/C25H27ClN2O6/c1-25(2,24(33)28-16-4-3-15-27-21(29)13-14-22(30)31)34-20-11-7-18(8-12-20)23(32)17-5-9-19(26)10-6-17/h5-14H,3-4,15-16H2,1-2H3,(H,27,29)(H,28,33)(H,30,31)/b14-13-. The number of carboxylic acid groups (broad SMARTS) is 1. The van der Waals surface area contributed by atoms with Crippen LogP contribution in [0.5, 0.6) is 5.75 Å². The number of amides is 2. The van der Waals surface area contributed by atoms with Gasteiger partial charge in [-0.05, 0) is 75.2 Å². The fourth-order valence-corrected chi connectivity index (χ4v) is 2.99. The van der Waals surface area contributed by atoms with Crippen molar-refractivity contribution in [3.8, 4) is 5.75 Å². The third kappa shape index (κ3) is 8.71.